The number of aliphatic carboxylic acids is 1. The fourth-order valence-electron chi connectivity index (χ4n) is 2.26. The molecule has 1 saturated heterocycles. The van der Waals surface area contributed by atoms with E-state index < -0.39 is 67.4 Å². The summed E-state index contributed by atoms with van der Waals surface area (Å²) in [4.78, 5) is 21.9. The molecular weight excluding hydrogens is 324 g/mol. The van der Waals surface area contributed by atoms with E-state index in [9.17, 15) is 33.7 Å². The molecule has 0 saturated carbocycles. The zero-order chi connectivity index (χ0) is 18.0. The van der Waals surface area contributed by atoms with E-state index in [2.05, 4.69) is 4.74 Å². The average molecular weight is 343 g/mol. The molecule has 0 aromatic rings. The molecule has 1 fully saturated rings. The van der Waals surface area contributed by atoms with E-state index >= 15 is 0 Å². The molecule has 6 N–H and O–H groups in total. The second-order valence-corrected chi connectivity index (χ2v) is 5.43. The first-order valence-corrected chi connectivity index (χ1v) is 6.66. The van der Waals surface area contributed by atoms with Gasteiger partial charge in [0, 0.05) is 19.9 Å². The maximum Gasteiger partial charge on any atom is 0.372 e. The zero-order valence-corrected chi connectivity index (χ0v) is 12.1. The standard InChI is InChI=1S/C12H19F2NO8/c1-5(17)15-4-11(22)2-7(8(19)6(18)3-16)23-12(14,9(11)13)10(20)21/h6-9,16,18-19,22H,2-4H2,1H3,(H,15,17)(H,20,21)/t6-,7?,8-,9?,11?,12-/m1/s1. The van der Waals surface area contributed by atoms with Crippen LogP contribution in [0, 0.1) is 0 Å². The van der Waals surface area contributed by atoms with Crippen LogP contribution in [0.2, 0.25) is 0 Å². The summed E-state index contributed by atoms with van der Waals surface area (Å²) >= 11 is 0. The summed E-state index contributed by atoms with van der Waals surface area (Å²) in [6, 6.07) is 0. The third kappa shape index (κ3) is 3.93. The molecule has 0 aliphatic carbocycles. The number of hydrogen-bond donors (Lipinski definition) is 6. The molecule has 0 aromatic heterocycles. The molecule has 0 spiro atoms. The third-order valence-corrected chi connectivity index (χ3v) is 3.57. The van der Waals surface area contributed by atoms with Crippen LogP contribution >= 0.6 is 0 Å². The predicted octanol–water partition coefficient (Wildman–Crippen LogP) is -2.55. The van der Waals surface area contributed by atoms with Crippen molar-refractivity contribution in [3.63, 3.8) is 0 Å². The number of carboxylic acid groups (broad SMARTS) is 1. The largest absolute Gasteiger partial charge is 0.477 e. The van der Waals surface area contributed by atoms with Gasteiger partial charge in [0.15, 0.2) is 0 Å². The Labute approximate surface area is 129 Å². The van der Waals surface area contributed by atoms with Crippen LogP contribution in [0.4, 0.5) is 8.78 Å². The maximum absolute atomic E-state index is 14.4. The van der Waals surface area contributed by atoms with Gasteiger partial charge in [0.1, 0.15) is 17.8 Å². The SMILES string of the molecule is CC(=O)NCC1(O)CC([C@H](O)[C@H](O)CO)O[C@@](F)(C(=O)O)C1F. The molecule has 1 amide bonds. The quantitative estimate of drug-likeness (QED) is 0.308. The third-order valence-electron chi connectivity index (χ3n) is 3.57. The van der Waals surface area contributed by atoms with Gasteiger partial charge in [-0.1, -0.05) is 0 Å². The molecule has 1 aliphatic heterocycles. The van der Waals surface area contributed by atoms with E-state index in [1.807, 2.05) is 5.32 Å². The zero-order valence-electron chi connectivity index (χ0n) is 12.1. The van der Waals surface area contributed by atoms with Crippen LogP contribution in [0.15, 0.2) is 0 Å². The first kappa shape index (κ1) is 19.6. The Morgan fingerprint density at radius 3 is 2.43 bits per heavy atom. The molecule has 11 heteroatoms. The lowest BCUT2D eigenvalue weighted by Crippen LogP contribution is -2.68. The lowest BCUT2D eigenvalue weighted by atomic mass is 9.81. The van der Waals surface area contributed by atoms with E-state index in [-0.39, 0.29) is 0 Å². The molecule has 134 valence electrons. The van der Waals surface area contributed by atoms with Gasteiger partial charge in [0.05, 0.1) is 12.7 Å². The molecule has 0 aromatic carbocycles. The molecule has 1 aliphatic rings. The van der Waals surface area contributed by atoms with Crippen LogP contribution in [-0.2, 0) is 14.3 Å². The van der Waals surface area contributed by atoms with Gasteiger partial charge in [-0.05, 0) is 0 Å². The number of carbonyl (C=O) groups excluding carboxylic acids is 1. The van der Waals surface area contributed by atoms with Crippen LogP contribution in [0.1, 0.15) is 13.3 Å². The number of carboxylic acids is 1. The highest BCUT2D eigenvalue weighted by molar-refractivity contribution is 5.77. The second kappa shape index (κ2) is 7.01. The summed E-state index contributed by atoms with van der Waals surface area (Å²) in [5, 5.41) is 48.9. The van der Waals surface area contributed by atoms with Crippen molar-refractivity contribution in [1.82, 2.24) is 5.32 Å². The van der Waals surface area contributed by atoms with E-state index in [0.29, 0.717) is 0 Å². The number of amides is 1. The number of aliphatic hydroxyl groups excluding tert-OH is 3. The number of ether oxygens (including phenoxy) is 1. The minimum absolute atomic E-state index is 0.690. The highest BCUT2D eigenvalue weighted by Gasteiger charge is 2.64. The molecule has 0 radical (unpaired) electrons. The minimum atomic E-state index is -4.01. The van der Waals surface area contributed by atoms with Crippen molar-refractivity contribution in [3.05, 3.63) is 0 Å². The number of rotatable bonds is 6. The highest BCUT2D eigenvalue weighted by Crippen LogP contribution is 2.41. The van der Waals surface area contributed by atoms with Crippen molar-refractivity contribution in [2.75, 3.05) is 13.2 Å². The monoisotopic (exact) mass is 343 g/mol. The number of hydrogen-bond acceptors (Lipinski definition) is 7. The normalized spacial score (nSPS) is 37.0. The lowest BCUT2D eigenvalue weighted by molar-refractivity contribution is -0.306. The number of alkyl halides is 2. The summed E-state index contributed by atoms with van der Waals surface area (Å²) in [6.45, 7) is -0.765. The average Bonchev–Trinajstić information content (AvgIpc) is 2.48. The fraction of sp³-hybridized carbons (Fsp3) is 0.833. The molecule has 3 unspecified atom stereocenters. The Morgan fingerprint density at radius 2 is 2.00 bits per heavy atom. The van der Waals surface area contributed by atoms with Gasteiger partial charge in [-0.3, -0.25) is 4.79 Å². The first-order valence-electron chi connectivity index (χ1n) is 6.66. The van der Waals surface area contributed by atoms with Crippen molar-refractivity contribution < 1.29 is 48.6 Å². The Hall–Kier alpha value is -1.40. The Balaban J connectivity index is 3.14. The van der Waals surface area contributed by atoms with Crippen molar-refractivity contribution in [3.8, 4) is 0 Å². The van der Waals surface area contributed by atoms with Gasteiger partial charge in [0.25, 0.3) is 0 Å². The predicted molar refractivity (Wildman–Crippen MR) is 68.6 cm³/mol. The summed E-state index contributed by atoms with van der Waals surface area (Å²) in [5.41, 5.74) is -2.71. The molecule has 23 heavy (non-hydrogen) atoms. The maximum atomic E-state index is 14.4. The minimum Gasteiger partial charge on any atom is -0.477 e. The molecular formula is C12H19F2NO8. The number of halogens is 2. The highest BCUT2D eigenvalue weighted by atomic mass is 19.2. The topological polar surface area (TPSA) is 157 Å². The molecule has 1 rings (SSSR count). The molecule has 6 atom stereocenters. The number of nitrogens with one attached hydrogen (secondary N) is 1. The van der Waals surface area contributed by atoms with Crippen molar-refractivity contribution in [2.24, 2.45) is 0 Å². The smallest absolute Gasteiger partial charge is 0.372 e. The Bertz CT molecular complexity index is 466. The lowest BCUT2D eigenvalue weighted by Gasteiger charge is -2.46. The van der Waals surface area contributed by atoms with Crippen molar-refractivity contribution in [2.45, 2.75) is 49.3 Å². The summed E-state index contributed by atoms with van der Waals surface area (Å²) in [5.74, 6) is -7.09. The summed E-state index contributed by atoms with van der Waals surface area (Å²) in [6.07, 6.45) is -9.57. The van der Waals surface area contributed by atoms with Gasteiger partial charge in [-0.2, -0.15) is 4.39 Å². The fourth-order valence-corrected chi connectivity index (χ4v) is 2.26. The Kier molecular flexibility index (Phi) is 5.99. The van der Waals surface area contributed by atoms with E-state index in [1.54, 1.807) is 0 Å². The summed E-state index contributed by atoms with van der Waals surface area (Å²) in [7, 11) is 0. The van der Waals surface area contributed by atoms with Gasteiger partial charge in [-0.25, -0.2) is 9.18 Å². The van der Waals surface area contributed by atoms with Crippen LogP contribution in [0.5, 0.6) is 0 Å². The van der Waals surface area contributed by atoms with Gasteiger partial charge in [0.2, 0.25) is 12.1 Å². The number of aliphatic hydroxyl groups is 4. The second-order valence-electron chi connectivity index (χ2n) is 5.43. The molecule has 0 bridgehead atoms. The van der Waals surface area contributed by atoms with Crippen molar-refractivity contribution in [1.29, 1.82) is 0 Å². The van der Waals surface area contributed by atoms with Crippen LogP contribution in [0.3, 0.4) is 0 Å². The summed E-state index contributed by atoms with van der Waals surface area (Å²) < 4.78 is 33.0. The van der Waals surface area contributed by atoms with Gasteiger partial charge >= 0.3 is 11.8 Å². The van der Waals surface area contributed by atoms with Crippen LogP contribution in [-0.4, -0.2) is 86.5 Å². The molecule has 9 nitrogen and oxygen atoms in total. The van der Waals surface area contributed by atoms with Gasteiger partial charge in [-0.15, -0.1) is 0 Å². The van der Waals surface area contributed by atoms with Crippen molar-refractivity contribution >= 4 is 11.9 Å². The Morgan fingerprint density at radius 1 is 1.43 bits per heavy atom. The van der Waals surface area contributed by atoms with Crippen LogP contribution in [0.25, 0.3) is 0 Å². The molecule has 1 heterocycles. The van der Waals surface area contributed by atoms with E-state index in [1.165, 1.54) is 0 Å². The van der Waals surface area contributed by atoms with E-state index in [4.69, 9.17) is 10.2 Å². The first-order chi connectivity index (χ1) is 10.5. The van der Waals surface area contributed by atoms with Gasteiger partial charge < -0.3 is 35.6 Å². The number of carbonyl (C=O) groups is 2. The van der Waals surface area contributed by atoms with Crippen LogP contribution < -0.4 is 5.32 Å². The van der Waals surface area contributed by atoms with E-state index in [0.717, 1.165) is 6.92 Å².